The summed E-state index contributed by atoms with van der Waals surface area (Å²) in [5, 5.41) is 3.08. The Kier molecular flexibility index (Phi) is 6.42. The van der Waals surface area contributed by atoms with Crippen LogP contribution in [0.2, 0.25) is 0 Å². The molecule has 2 nitrogen and oxygen atoms in total. The summed E-state index contributed by atoms with van der Waals surface area (Å²) in [5.74, 6) is -0.434. The van der Waals surface area contributed by atoms with Crippen molar-refractivity contribution < 1.29 is 22.3 Å². The molecule has 0 spiro atoms. The third-order valence-electron chi connectivity index (χ3n) is 2.64. The van der Waals surface area contributed by atoms with E-state index in [4.69, 9.17) is 4.74 Å². The van der Waals surface area contributed by atoms with Crippen molar-refractivity contribution in [1.82, 2.24) is 5.32 Å². The Bertz CT molecular complexity index is 406. The lowest BCUT2D eigenvalue weighted by Gasteiger charge is -2.21. The monoisotopic (exact) mass is 293 g/mol. The van der Waals surface area contributed by atoms with Crippen LogP contribution in [-0.4, -0.2) is 25.4 Å². The van der Waals surface area contributed by atoms with E-state index in [1.807, 2.05) is 13.8 Å². The largest absolute Gasteiger partial charge is 0.391 e. The van der Waals surface area contributed by atoms with Crippen molar-refractivity contribution in [3.05, 3.63) is 35.6 Å². The second kappa shape index (κ2) is 7.59. The van der Waals surface area contributed by atoms with Crippen LogP contribution < -0.4 is 5.32 Å². The number of nitrogens with one attached hydrogen (secondary N) is 1. The van der Waals surface area contributed by atoms with Crippen molar-refractivity contribution in [2.24, 2.45) is 0 Å². The fourth-order valence-corrected chi connectivity index (χ4v) is 1.64. The van der Waals surface area contributed by atoms with Crippen LogP contribution in [0.25, 0.3) is 0 Å². The van der Waals surface area contributed by atoms with E-state index in [0.717, 1.165) is 0 Å². The van der Waals surface area contributed by atoms with Crippen LogP contribution in [-0.2, 0) is 4.74 Å². The van der Waals surface area contributed by atoms with Crippen molar-refractivity contribution >= 4 is 0 Å². The maximum Gasteiger partial charge on any atom is 0.391 e. The lowest BCUT2D eigenvalue weighted by molar-refractivity contribution is -0.149. The molecule has 0 radical (unpaired) electrons. The number of alkyl halides is 3. The summed E-state index contributed by atoms with van der Waals surface area (Å²) < 4.78 is 54.8. The molecule has 0 aliphatic heterocycles. The Balaban J connectivity index is 2.65. The second-order valence-electron chi connectivity index (χ2n) is 4.84. The van der Waals surface area contributed by atoms with Gasteiger partial charge in [-0.1, -0.05) is 26.0 Å². The molecule has 1 unspecified atom stereocenters. The summed E-state index contributed by atoms with van der Waals surface area (Å²) in [6.07, 6.45) is -5.87. The number of hydrogen-bond acceptors (Lipinski definition) is 2. The molecular weight excluding hydrogens is 274 g/mol. The summed E-state index contributed by atoms with van der Waals surface area (Å²) in [4.78, 5) is 0. The molecular formula is C14H19F4NO. The number of hydrogen-bond donors (Lipinski definition) is 1. The van der Waals surface area contributed by atoms with Gasteiger partial charge in [0, 0.05) is 12.6 Å². The van der Waals surface area contributed by atoms with Gasteiger partial charge in [-0.15, -0.1) is 0 Å². The minimum absolute atomic E-state index is 0.164. The number of benzene rings is 1. The van der Waals surface area contributed by atoms with Crippen LogP contribution in [0.15, 0.2) is 24.3 Å². The number of rotatable bonds is 7. The van der Waals surface area contributed by atoms with Crippen molar-refractivity contribution in [1.29, 1.82) is 0 Å². The lowest BCUT2D eigenvalue weighted by Crippen LogP contribution is -2.29. The molecule has 1 N–H and O–H groups in total. The minimum Gasteiger partial charge on any atom is -0.372 e. The first-order chi connectivity index (χ1) is 9.28. The molecule has 1 atom stereocenters. The van der Waals surface area contributed by atoms with Crippen LogP contribution in [0.3, 0.4) is 0 Å². The zero-order valence-corrected chi connectivity index (χ0v) is 11.5. The van der Waals surface area contributed by atoms with Crippen molar-refractivity contribution in [2.45, 2.75) is 38.6 Å². The van der Waals surface area contributed by atoms with Crippen LogP contribution in [0.4, 0.5) is 17.6 Å². The first kappa shape index (κ1) is 16.9. The maximum absolute atomic E-state index is 13.2. The van der Waals surface area contributed by atoms with Gasteiger partial charge in [0.1, 0.15) is 5.82 Å². The molecule has 0 fully saturated rings. The Morgan fingerprint density at radius 3 is 2.50 bits per heavy atom. The van der Waals surface area contributed by atoms with Crippen molar-refractivity contribution in [3.63, 3.8) is 0 Å². The first-order valence-corrected chi connectivity index (χ1v) is 6.45. The van der Waals surface area contributed by atoms with Gasteiger partial charge in [-0.2, -0.15) is 13.2 Å². The summed E-state index contributed by atoms with van der Waals surface area (Å²) in [7, 11) is 0. The highest BCUT2D eigenvalue weighted by Gasteiger charge is 2.27. The highest BCUT2D eigenvalue weighted by Crippen LogP contribution is 2.23. The Morgan fingerprint density at radius 1 is 1.25 bits per heavy atom. The SMILES string of the molecule is CC(C)NCC(OCCC(F)(F)F)c1cccc(F)c1. The Hall–Kier alpha value is -1.14. The van der Waals surface area contributed by atoms with Gasteiger partial charge in [0.05, 0.1) is 19.1 Å². The van der Waals surface area contributed by atoms with Crippen molar-refractivity contribution in [2.75, 3.05) is 13.2 Å². The lowest BCUT2D eigenvalue weighted by atomic mass is 10.1. The molecule has 0 heterocycles. The molecule has 0 aromatic heterocycles. The predicted molar refractivity (Wildman–Crippen MR) is 68.9 cm³/mol. The first-order valence-electron chi connectivity index (χ1n) is 6.45. The van der Waals surface area contributed by atoms with Gasteiger partial charge in [-0.05, 0) is 17.7 Å². The van der Waals surface area contributed by atoms with E-state index in [2.05, 4.69) is 5.32 Å². The Labute approximate surface area is 116 Å². The average Bonchev–Trinajstić information content (AvgIpc) is 2.31. The van der Waals surface area contributed by atoms with E-state index in [1.54, 1.807) is 6.07 Å². The zero-order chi connectivity index (χ0) is 15.2. The van der Waals surface area contributed by atoms with Crippen LogP contribution in [0, 0.1) is 5.82 Å². The van der Waals surface area contributed by atoms with E-state index in [1.165, 1.54) is 18.2 Å². The minimum atomic E-state index is -4.25. The third-order valence-corrected chi connectivity index (χ3v) is 2.64. The average molecular weight is 293 g/mol. The topological polar surface area (TPSA) is 21.3 Å². The molecule has 1 aromatic rings. The number of halogens is 4. The molecule has 0 saturated carbocycles. The Morgan fingerprint density at radius 2 is 1.95 bits per heavy atom. The van der Waals surface area contributed by atoms with Crippen LogP contribution in [0.1, 0.15) is 31.9 Å². The summed E-state index contributed by atoms with van der Waals surface area (Å²) in [6, 6.07) is 5.88. The highest BCUT2D eigenvalue weighted by molar-refractivity contribution is 5.19. The second-order valence-corrected chi connectivity index (χ2v) is 4.84. The normalized spacial score (nSPS) is 13.8. The number of ether oxygens (including phenoxy) is 1. The van der Waals surface area contributed by atoms with Crippen LogP contribution in [0.5, 0.6) is 0 Å². The van der Waals surface area contributed by atoms with Gasteiger partial charge < -0.3 is 10.1 Å². The summed E-state index contributed by atoms with van der Waals surface area (Å²) >= 11 is 0. The molecule has 6 heteroatoms. The summed E-state index contributed by atoms with van der Waals surface area (Å²) in [6.45, 7) is 3.72. The van der Waals surface area contributed by atoms with E-state index < -0.39 is 31.1 Å². The molecule has 0 saturated heterocycles. The highest BCUT2D eigenvalue weighted by atomic mass is 19.4. The molecule has 114 valence electrons. The van der Waals surface area contributed by atoms with E-state index in [-0.39, 0.29) is 6.04 Å². The van der Waals surface area contributed by atoms with E-state index in [0.29, 0.717) is 12.1 Å². The fourth-order valence-electron chi connectivity index (χ4n) is 1.64. The molecule has 0 bridgehead atoms. The molecule has 1 rings (SSSR count). The standard InChI is InChI=1S/C14H19F4NO/c1-10(2)19-9-13(20-7-6-14(16,17)18)11-4-3-5-12(15)8-11/h3-5,8,10,13,19H,6-7,9H2,1-2H3. The van der Waals surface area contributed by atoms with E-state index in [9.17, 15) is 17.6 Å². The zero-order valence-electron chi connectivity index (χ0n) is 11.5. The predicted octanol–water partition coefficient (Wildman–Crippen LogP) is 3.83. The molecule has 0 aliphatic carbocycles. The van der Waals surface area contributed by atoms with Gasteiger partial charge in [-0.25, -0.2) is 4.39 Å². The van der Waals surface area contributed by atoms with Gasteiger partial charge in [0.2, 0.25) is 0 Å². The maximum atomic E-state index is 13.2. The third kappa shape index (κ3) is 6.86. The van der Waals surface area contributed by atoms with E-state index >= 15 is 0 Å². The summed E-state index contributed by atoms with van der Waals surface area (Å²) in [5.41, 5.74) is 0.528. The van der Waals surface area contributed by atoms with Gasteiger partial charge >= 0.3 is 6.18 Å². The van der Waals surface area contributed by atoms with Crippen LogP contribution >= 0.6 is 0 Å². The fraction of sp³-hybridized carbons (Fsp3) is 0.571. The molecule has 1 aromatic carbocycles. The smallest absolute Gasteiger partial charge is 0.372 e. The van der Waals surface area contributed by atoms with Gasteiger partial charge in [-0.3, -0.25) is 0 Å². The van der Waals surface area contributed by atoms with Crippen molar-refractivity contribution in [3.8, 4) is 0 Å². The van der Waals surface area contributed by atoms with Gasteiger partial charge in [0.15, 0.2) is 0 Å². The quantitative estimate of drug-likeness (QED) is 0.771. The molecule has 0 aliphatic rings. The van der Waals surface area contributed by atoms with Gasteiger partial charge in [0.25, 0.3) is 0 Å². The molecule has 20 heavy (non-hydrogen) atoms. The molecule has 0 amide bonds.